The summed E-state index contributed by atoms with van der Waals surface area (Å²) in [5.41, 5.74) is 0.0511. The van der Waals surface area contributed by atoms with Crippen molar-refractivity contribution in [1.29, 1.82) is 0 Å². The number of aromatic nitrogens is 1. The van der Waals surface area contributed by atoms with Crippen LogP contribution in [-0.4, -0.2) is 40.8 Å². The molecule has 0 aromatic carbocycles. The maximum Gasteiger partial charge on any atom is 0.257 e. The predicted octanol–water partition coefficient (Wildman–Crippen LogP) is 1.61. The molecule has 0 bridgehead atoms. The van der Waals surface area contributed by atoms with Crippen molar-refractivity contribution in [1.82, 2.24) is 15.2 Å². The second kappa shape index (κ2) is 6.17. The van der Waals surface area contributed by atoms with E-state index in [1.165, 1.54) is 6.92 Å². The van der Waals surface area contributed by atoms with Gasteiger partial charge in [0.05, 0.1) is 11.8 Å². The van der Waals surface area contributed by atoms with E-state index in [4.69, 9.17) is 11.6 Å². The van der Waals surface area contributed by atoms with Gasteiger partial charge in [-0.05, 0) is 18.9 Å². The van der Waals surface area contributed by atoms with Crippen LogP contribution in [0.4, 0.5) is 4.39 Å². The molecule has 0 radical (unpaired) electrons. The Labute approximate surface area is 121 Å². The van der Waals surface area contributed by atoms with Crippen LogP contribution in [0.5, 0.6) is 0 Å². The molecule has 20 heavy (non-hydrogen) atoms. The second-order valence-electron chi connectivity index (χ2n) is 4.78. The van der Waals surface area contributed by atoms with Gasteiger partial charge in [0.1, 0.15) is 11.0 Å². The molecule has 2 heterocycles. The van der Waals surface area contributed by atoms with Crippen molar-refractivity contribution in [3.8, 4) is 0 Å². The largest absolute Gasteiger partial charge is 0.352 e. The van der Waals surface area contributed by atoms with Gasteiger partial charge in [0.15, 0.2) is 0 Å². The van der Waals surface area contributed by atoms with E-state index in [1.807, 2.05) is 0 Å². The smallest absolute Gasteiger partial charge is 0.257 e. The Morgan fingerprint density at radius 3 is 3.00 bits per heavy atom. The van der Waals surface area contributed by atoms with Gasteiger partial charge in [-0.25, -0.2) is 9.37 Å². The van der Waals surface area contributed by atoms with E-state index < -0.39 is 5.82 Å². The molecule has 2 amide bonds. The van der Waals surface area contributed by atoms with E-state index in [-0.39, 0.29) is 28.6 Å². The molecular formula is C13H15ClFN3O2. The Balaban J connectivity index is 2.12. The summed E-state index contributed by atoms with van der Waals surface area (Å²) in [4.78, 5) is 28.6. The molecule has 1 fully saturated rings. The Kier molecular flexibility index (Phi) is 4.54. The molecule has 1 aliphatic heterocycles. The van der Waals surface area contributed by atoms with Gasteiger partial charge in [-0.1, -0.05) is 11.6 Å². The summed E-state index contributed by atoms with van der Waals surface area (Å²) in [6.45, 7) is 2.39. The minimum absolute atomic E-state index is 0.0157. The van der Waals surface area contributed by atoms with Crippen LogP contribution in [0.2, 0.25) is 5.15 Å². The molecule has 1 aromatic rings. The van der Waals surface area contributed by atoms with Crippen LogP contribution in [0, 0.1) is 5.82 Å². The third-order valence-corrected chi connectivity index (χ3v) is 3.45. The Morgan fingerprint density at radius 1 is 1.55 bits per heavy atom. The first-order chi connectivity index (χ1) is 9.47. The quantitative estimate of drug-likeness (QED) is 0.844. The number of hydrogen-bond acceptors (Lipinski definition) is 3. The van der Waals surface area contributed by atoms with E-state index in [0.717, 1.165) is 25.1 Å². The lowest BCUT2D eigenvalue weighted by Gasteiger charge is -2.33. The fraction of sp³-hybridized carbons (Fsp3) is 0.462. The van der Waals surface area contributed by atoms with E-state index in [2.05, 4.69) is 10.3 Å². The first-order valence-corrected chi connectivity index (χ1v) is 6.72. The first-order valence-electron chi connectivity index (χ1n) is 6.35. The number of likely N-dealkylation sites (tertiary alicyclic amines) is 1. The van der Waals surface area contributed by atoms with Crippen molar-refractivity contribution >= 4 is 23.4 Å². The van der Waals surface area contributed by atoms with Crippen molar-refractivity contribution in [2.45, 2.75) is 25.8 Å². The monoisotopic (exact) mass is 299 g/mol. The van der Waals surface area contributed by atoms with Crippen molar-refractivity contribution in [2.75, 3.05) is 13.1 Å². The third kappa shape index (κ3) is 3.45. The minimum atomic E-state index is -0.604. The van der Waals surface area contributed by atoms with E-state index in [9.17, 15) is 14.0 Å². The Bertz CT molecular complexity index is 538. The molecule has 1 unspecified atom stereocenters. The average molecular weight is 300 g/mol. The number of carbonyl (C=O) groups excluding carboxylic acids is 2. The number of hydrogen-bond donors (Lipinski definition) is 1. The van der Waals surface area contributed by atoms with Gasteiger partial charge < -0.3 is 10.2 Å². The SMILES string of the molecule is CC(=O)NC1CCCN(C(=O)c2cc(F)cnc2Cl)C1. The summed E-state index contributed by atoms with van der Waals surface area (Å²) in [7, 11) is 0. The van der Waals surface area contributed by atoms with Gasteiger partial charge in [0.25, 0.3) is 5.91 Å². The van der Waals surface area contributed by atoms with Gasteiger partial charge >= 0.3 is 0 Å². The van der Waals surface area contributed by atoms with Crippen LogP contribution in [-0.2, 0) is 4.79 Å². The topological polar surface area (TPSA) is 62.3 Å². The summed E-state index contributed by atoms with van der Waals surface area (Å²) in [5, 5.41) is 2.77. The maximum absolute atomic E-state index is 13.2. The van der Waals surface area contributed by atoms with Gasteiger partial charge in [-0.2, -0.15) is 0 Å². The van der Waals surface area contributed by atoms with Gasteiger partial charge in [-0.3, -0.25) is 9.59 Å². The van der Waals surface area contributed by atoms with Crippen molar-refractivity contribution in [2.24, 2.45) is 0 Å². The standard InChI is InChI=1S/C13H15ClFN3O2/c1-8(19)17-10-3-2-4-18(7-10)13(20)11-5-9(15)6-16-12(11)14/h5-6,10H,2-4,7H2,1H3,(H,17,19). The lowest BCUT2D eigenvalue weighted by atomic mass is 10.0. The summed E-state index contributed by atoms with van der Waals surface area (Å²) in [5.74, 6) is -1.10. The number of amides is 2. The highest BCUT2D eigenvalue weighted by molar-refractivity contribution is 6.32. The molecule has 1 atom stereocenters. The molecule has 1 saturated heterocycles. The fourth-order valence-electron chi connectivity index (χ4n) is 2.31. The number of pyridine rings is 1. The van der Waals surface area contributed by atoms with Crippen molar-refractivity contribution in [3.63, 3.8) is 0 Å². The highest BCUT2D eigenvalue weighted by Gasteiger charge is 2.26. The zero-order chi connectivity index (χ0) is 14.7. The minimum Gasteiger partial charge on any atom is -0.352 e. The van der Waals surface area contributed by atoms with E-state index >= 15 is 0 Å². The molecular weight excluding hydrogens is 285 g/mol. The molecule has 5 nitrogen and oxygen atoms in total. The fourth-order valence-corrected chi connectivity index (χ4v) is 2.49. The Hall–Kier alpha value is -1.69. The third-order valence-electron chi connectivity index (χ3n) is 3.15. The van der Waals surface area contributed by atoms with Crippen LogP contribution in [0.3, 0.4) is 0 Å². The van der Waals surface area contributed by atoms with Crippen LogP contribution in [0.25, 0.3) is 0 Å². The maximum atomic E-state index is 13.2. The predicted molar refractivity (Wildman–Crippen MR) is 71.9 cm³/mol. The number of halogens is 2. The zero-order valence-electron chi connectivity index (χ0n) is 11.0. The highest BCUT2D eigenvalue weighted by Crippen LogP contribution is 2.19. The lowest BCUT2D eigenvalue weighted by molar-refractivity contribution is -0.120. The highest BCUT2D eigenvalue weighted by atomic mass is 35.5. The normalized spacial score (nSPS) is 18.8. The Morgan fingerprint density at radius 2 is 2.30 bits per heavy atom. The molecule has 108 valence electrons. The van der Waals surface area contributed by atoms with E-state index in [1.54, 1.807) is 4.90 Å². The molecule has 2 rings (SSSR count). The van der Waals surface area contributed by atoms with Crippen LogP contribution < -0.4 is 5.32 Å². The lowest BCUT2D eigenvalue weighted by Crippen LogP contribution is -2.49. The summed E-state index contributed by atoms with van der Waals surface area (Å²) >= 11 is 5.84. The number of rotatable bonds is 2. The average Bonchev–Trinajstić information content (AvgIpc) is 2.40. The van der Waals surface area contributed by atoms with Crippen LogP contribution >= 0.6 is 11.6 Å². The van der Waals surface area contributed by atoms with Gasteiger partial charge in [-0.15, -0.1) is 0 Å². The molecule has 7 heteroatoms. The number of nitrogens with one attached hydrogen (secondary N) is 1. The summed E-state index contributed by atoms with van der Waals surface area (Å²) in [6, 6.07) is 1.00. The van der Waals surface area contributed by atoms with Gasteiger partial charge in [0.2, 0.25) is 5.91 Å². The number of carbonyl (C=O) groups is 2. The summed E-state index contributed by atoms with van der Waals surface area (Å²) in [6.07, 6.45) is 2.56. The van der Waals surface area contributed by atoms with Gasteiger partial charge in [0, 0.05) is 26.1 Å². The van der Waals surface area contributed by atoms with Crippen LogP contribution in [0.15, 0.2) is 12.3 Å². The number of piperidine rings is 1. The van der Waals surface area contributed by atoms with E-state index in [0.29, 0.717) is 13.1 Å². The van der Waals surface area contributed by atoms with Crippen molar-refractivity contribution < 1.29 is 14.0 Å². The molecule has 0 saturated carbocycles. The first kappa shape index (κ1) is 14.7. The number of nitrogens with zero attached hydrogens (tertiary/aromatic N) is 2. The zero-order valence-corrected chi connectivity index (χ0v) is 11.8. The second-order valence-corrected chi connectivity index (χ2v) is 5.14. The molecule has 1 aliphatic rings. The molecule has 0 spiro atoms. The molecule has 0 aliphatic carbocycles. The van der Waals surface area contributed by atoms with Crippen LogP contribution in [0.1, 0.15) is 30.1 Å². The summed E-state index contributed by atoms with van der Waals surface area (Å²) < 4.78 is 13.2. The molecule has 1 N–H and O–H groups in total. The van der Waals surface area contributed by atoms with Crippen molar-refractivity contribution in [3.05, 3.63) is 28.8 Å². The molecule has 1 aromatic heterocycles.